The molecule has 0 aliphatic rings. The quantitative estimate of drug-likeness (QED) is 0.469. The number of nitrogens with zero attached hydrogens (tertiary/aromatic N) is 4. The van der Waals surface area contributed by atoms with Crippen molar-refractivity contribution in [2.45, 2.75) is 52.4 Å². The van der Waals surface area contributed by atoms with E-state index in [9.17, 15) is 10.1 Å². The van der Waals surface area contributed by atoms with Crippen LogP contribution in [0.25, 0.3) is 5.69 Å². The zero-order valence-electron chi connectivity index (χ0n) is 15.7. The predicted molar refractivity (Wildman–Crippen MR) is 99.5 cm³/mol. The topological polar surface area (TPSA) is 80.8 Å². The Morgan fingerprint density at radius 3 is 2.73 bits per heavy atom. The van der Waals surface area contributed by atoms with Crippen molar-refractivity contribution in [1.29, 1.82) is 5.26 Å². The molecule has 0 saturated carbocycles. The van der Waals surface area contributed by atoms with Gasteiger partial charge in [0.2, 0.25) is 11.6 Å². The molecule has 138 valence electrons. The van der Waals surface area contributed by atoms with Gasteiger partial charge in [0.25, 0.3) is 0 Å². The molecule has 6 heteroatoms. The summed E-state index contributed by atoms with van der Waals surface area (Å²) in [6.45, 7) is 4.24. The van der Waals surface area contributed by atoms with Crippen LogP contribution in [0.3, 0.4) is 0 Å². The van der Waals surface area contributed by atoms with Crippen molar-refractivity contribution in [1.82, 2.24) is 14.8 Å². The van der Waals surface area contributed by atoms with E-state index < -0.39 is 0 Å². The van der Waals surface area contributed by atoms with Gasteiger partial charge in [-0.15, -0.1) is 5.10 Å². The molecule has 2 rings (SSSR count). The van der Waals surface area contributed by atoms with Crippen molar-refractivity contribution in [3.63, 3.8) is 0 Å². The molecular weight excluding hydrogens is 328 g/mol. The molecule has 1 aromatic heterocycles. The Bertz CT molecular complexity index is 776. The molecule has 1 aromatic carbocycles. The number of methoxy groups -OCH3 is 1. The normalized spacial score (nSPS) is 11.8. The number of aromatic nitrogens is 3. The van der Waals surface area contributed by atoms with Gasteiger partial charge in [-0.25, -0.2) is 9.67 Å². The summed E-state index contributed by atoms with van der Waals surface area (Å²) in [6.07, 6.45) is 7.46. The van der Waals surface area contributed by atoms with Crippen molar-refractivity contribution in [2.24, 2.45) is 5.92 Å². The van der Waals surface area contributed by atoms with E-state index in [1.165, 1.54) is 11.0 Å². The maximum absolute atomic E-state index is 12.8. The van der Waals surface area contributed by atoms with Gasteiger partial charge in [0.1, 0.15) is 18.1 Å². The number of carbonyl (C=O) groups is 1. The van der Waals surface area contributed by atoms with Gasteiger partial charge in [-0.05, 0) is 25.0 Å². The van der Waals surface area contributed by atoms with Crippen LogP contribution in [0.5, 0.6) is 5.75 Å². The third-order valence-electron chi connectivity index (χ3n) is 4.45. The first-order chi connectivity index (χ1) is 12.6. The number of ether oxygens (including phenoxy) is 1. The van der Waals surface area contributed by atoms with Gasteiger partial charge >= 0.3 is 0 Å². The highest BCUT2D eigenvalue weighted by Crippen LogP contribution is 2.22. The number of nitriles is 1. The number of carbonyl (C=O) groups excluding carboxylic acids is 1. The van der Waals surface area contributed by atoms with E-state index in [0.717, 1.165) is 38.5 Å². The fourth-order valence-electron chi connectivity index (χ4n) is 2.99. The lowest BCUT2D eigenvalue weighted by molar-refractivity contribution is 0.0892. The summed E-state index contributed by atoms with van der Waals surface area (Å²) in [5, 5.41) is 13.7. The Morgan fingerprint density at radius 1 is 1.27 bits per heavy atom. The average Bonchev–Trinajstić information content (AvgIpc) is 3.16. The lowest BCUT2D eigenvalue weighted by atomic mass is 9.92. The van der Waals surface area contributed by atoms with Crippen LogP contribution < -0.4 is 4.74 Å². The van der Waals surface area contributed by atoms with Crippen molar-refractivity contribution in [3.8, 4) is 17.5 Å². The zero-order chi connectivity index (χ0) is 18.9. The monoisotopic (exact) mass is 354 g/mol. The summed E-state index contributed by atoms with van der Waals surface area (Å²) in [5.74, 6) is 0.781. The van der Waals surface area contributed by atoms with E-state index in [1.807, 2.05) is 0 Å². The van der Waals surface area contributed by atoms with E-state index in [1.54, 1.807) is 25.3 Å². The maximum atomic E-state index is 12.8. The molecule has 2 aromatic rings. The first kappa shape index (κ1) is 19.6. The van der Waals surface area contributed by atoms with Crippen molar-refractivity contribution in [3.05, 3.63) is 35.9 Å². The number of hydrogen-bond acceptors (Lipinski definition) is 5. The fraction of sp³-hybridized carbons (Fsp3) is 0.500. The Kier molecular flexibility index (Phi) is 7.34. The van der Waals surface area contributed by atoms with Crippen LogP contribution in [0, 0.1) is 17.2 Å². The molecular formula is C20H26N4O2. The predicted octanol–water partition coefficient (Wildman–Crippen LogP) is 4.33. The second-order valence-electron chi connectivity index (χ2n) is 6.35. The van der Waals surface area contributed by atoms with Gasteiger partial charge in [0, 0.05) is 12.0 Å². The Morgan fingerprint density at radius 2 is 2.08 bits per heavy atom. The van der Waals surface area contributed by atoms with Gasteiger partial charge in [0.05, 0.1) is 18.4 Å². The molecule has 0 fully saturated rings. The maximum Gasteiger partial charge on any atom is 0.217 e. The van der Waals surface area contributed by atoms with Crippen LogP contribution in [0.2, 0.25) is 0 Å². The standard InChI is InChI=1S/C20H26N4O2/c1-4-6-7-9-15(8-5-2)19(25)20-22-14-24(23-20)18-12-17(26-3)11-10-16(18)13-21/h10-12,14-15H,4-9H2,1-3H3. The molecule has 0 radical (unpaired) electrons. The van der Waals surface area contributed by atoms with E-state index in [-0.39, 0.29) is 17.5 Å². The number of benzene rings is 1. The van der Waals surface area contributed by atoms with Crippen LogP contribution in [-0.4, -0.2) is 27.7 Å². The summed E-state index contributed by atoms with van der Waals surface area (Å²) in [6, 6.07) is 7.23. The molecule has 0 aliphatic carbocycles. The smallest absolute Gasteiger partial charge is 0.217 e. The van der Waals surface area contributed by atoms with E-state index in [2.05, 4.69) is 30.0 Å². The third kappa shape index (κ3) is 4.69. The Labute approximate surface area is 154 Å². The molecule has 0 saturated heterocycles. The first-order valence-electron chi connectivity index (χ1n) is 9.18. The first-order valence-corrected chi connectivity index (χ1v) is 9.18. The highest BCUT2D eigenvalue weighted by atomic mass is 16.5. The van der Waals surface area contributed by atoms with Crippen LogP contribution in [-0.2, 0) is 0 Å². The molecule has 0 spiro atoms. The second-order valence-corrected chi connectivity index (χ2v) is 6.35. The van der Waals surface area contributed by atoms with Crippen LogP contribution in [0.1, 0.15) is 68.6 Å². The second kappa shape index (κ2) is 9.71. The van der Waals surface area contributed by atoms with Crippen LogP contribution in [0.4, 0.5) is 0 Å². The number of unbranched alkanes of at least 4 members (excludes halogenated alkanes) is 2. The van der Waals surface area contributed by atoms with Crippen LogP contribution in [0.15, 0.2) is 24.5 Å². The van der Waals surface area contributed by atoms with Gasteiger partial charge in [0.15, 0.2) is 0 Å². The van der Waals surface area contributed by atoms with E-state index in [4.69, 9.17) is 4.74 Å². The summed E-state index contributed by atoms with van der Waals surface area (Å²) in [4.78, 5) is 17.0. The lowest BCUT2D eigenvalue weighted by Gasteiger charge is -2.12. The van der Waals surface area contributed by atoms with Crippen molar-refractivity contribution < 1.29 is 9.53 Å². The summed E-state index contributed by atoms with van der Waals surface area (Å²) in [7, 11) is 1.56. The molecule has 1 unspecified atom stereocenters. The Hall–Kier alpha value is -2.68. The van der Waals surface area contributed by atoms with Crippen molar-refractivity contribution in [2.75, 3.05) is 7.11 Å². The minimum absolute atomic E-state index is 0.0110. The molecule has 0 amide bonds. The SMILES string of the molecule is CCCCCC(CCC)C(=O)c1ncn(-c2cc(OC)ccc2C#N)n1. The number of Topliss-reactive ketones (excluding diaryl/α,β-unsaturated/α-hetero) is 1. The molecule has 1 heterocycles. The lowest BCUT2D eigenvalue weighted by Crippen LogP contribution is -2.17. The van der Waals surface area contributed by atoms with Crippen molar-refractivity contribution >= 4 is 5.78 Å². The van der Waals surface area contributed by atoms with E-state index >= 15 is 0 Å². The minimum Gasteiger partial charge on any atom is -0.497 e. The molecule has 0 bridgehead atoms. The molecule has 1 atom stereocenters. The molecule has 0 aliphatic heterocycles. The highest BCUT2D eigenvalue weighted by Gasteiger charge is 2.23. The third-order valence-corrected chi connectivity index (χ3v) is 4.45. The Balaban J connectivity index is 2.25. The number of rotatable bonds is 10. The zero-order valence-corrected chi connectivity index (χ0v) is 15.7. The van der Waals surface area contributed by atoms with E-state index in [0.29, 0.717) is 17.0 Å². The number of hydrogen-bond donors (Lipinski definition) is 0. The molecule has 6 nitrogen and oxygen atoms in total. The summed E-state index contributed by atoms with van der Waals surface area (Å²) < 4.78 is 6.69. The average molecular weight is 354 g/mol. The van der Waals surface area contributed by atoms with Gasteiger partial charge in [-0.2, -0.15) is 5.26 Å². The molecule has 26 heavy (non-hydrogen) atoms. The number of ketones is 1. The fourth-order valence-corrected chi connectivity index (χ4v) is 2.99. The summed E-state index contributed by atoms with van der Waals surface area (Å²) >= 11 is 0. The highest BCUT2D eigenvalue weighted by molar-refractivity contribution is 5.94. The summed E-state index contributed by atoms with van der Waals surface area (Å²) in [5.41, 5.74) is 0.999. The van der Waals surface area contributed by atoms with Gasteiger partial charge < -0.3 is 4.74 Å². The van der Waals surface area contributed by atoms with Gasteiger partial charge in [-0.1, -0.05) is 39.5 Å². The van der Waals surface area contributed by atoms with Gasteiger partial charge in [-0.3, -0.25) is 4.79 Å². The minimum atomic E-state index is -0.0388. The van der Waals surface area contributed by atoms with Crippen LogP contribution >= 0.6 is 0 Å². The molecule has 0 N–H and O–H groups in total. The largest absolute Gasteiger partial charge is 0.497 e.